The Hall–Kier alpha value is -2.58. The Kier molecular flexibility index (Phi) is 6.87. The number of aromatic nitrogens is 2. The summed E-state index contributed by atoms with van der Waals surface area (Å²) in [5.74, 6) is 0.801. The Bertz CT molecular complexity index is 516. The largest absolute Gasteiger partial charge is 0.483 e. The number of amides is 3. The van der Waals surface area contributed by atoms with E-state index >= 15 is 0 Å². The van der Waals surface area contributed by atoms with E-state index in [0.29, 0.717) is 26.1 Å². The smallest absolute Gasteiger partial charge is 0.320 e. The van der Waals surface area contributed by atoms with E-state index in [1.54, 1.807) is 23.0 Å². The molecule has 22 heavy (non-hydrogen) atoms. The first-order valence-corrected chi connectivity index (χ1v) is 6.80. The topological polar surface area (TPSA) is 108 Å². The maximum Gasteiger partial charge on any atom is 0.320 e. The van der Waals surface area contributed by atoms with Crippen molar-refractivity contribution < 1.29 is 19.5 Å². The Morgan fingerprint density at radius 1 is 1.45 bits per heavy atom. The van der Waals surface area contributed by atoms with Crippen molar-refractivity contribution in [1.29, 1.82) is 0 Å². The third-order valence-corrected chi connectivity index (χ3v) is 3.23. The van der Waals surface area contributed by atoms with Crippen LogP contribution in [0.5, 0.6) is 0 Å². The van der Waals surface area contributed by atoms with Crippen LogP contribution in [0.1, 0.15) is 5.82 Å². The molecule has 0 aliphatic carbocycles. The molecule has 0 radical (unpaired) electrons. The number of likely N-dealkylation sites (N-methyl/N-ethyl adjacent to an activating group) is 1. The number of urea groups is 1. The highest BCUT2D eigenvalue weighted by Gasteiger charge is 2.26. The standard InChI is InChI=1S/C12H19N5O2.CH2O2/c1-15-6-5-13-10(15)3-4-14-11(18)9-17-8-7-16(2)12(17)19;2-1-3/h5-6H,3-4,7-9H2,1-2H3,(H,14,18);1H,(H,2,3). The highest BCUT2D eigenvalue weighted by atomic mass is 16.3. The molecule has 1 fully saturated rings. The number of nitrogens with one attached hydrogen (secondary N) is 1. The number of carbonyl (C=O) groups is 3. The molecular formula is C13H21N5O4. The van der Waals surface area contributed by atoms with Gasteiger partial charge in [-0.3, -0.25) is 9.59 Å². The van der Waals surface area contributed by atoms with Gasteiger partial charge in [0.25, 0.3) is 6.47 Å². The summed E-state index contributed by atoms with van der Waals surface area (Å²) in [5, 5.41) is 9.69. The van der Waals surface area contributed by atoms with Gasteiger partial charge >= 0.3 is 6.03 Å². The summed E-state index contributed by atoms with van der Waals surface area (Å²) in [7, 11) is 3.66. The lowest BCUT2D eigenvalue weighted by Gasteiger charge is -2.15. The van der Waals surface area contributed by atoms with Gasteiger partial charge in [0.15, 0.2) is 0 Å². The zero-order valence-corrected chi connectivity index (χ0v) is 12.7. The number of imidazole rings is 1. The molecular weight excluding hydrogens is 290 g/mol. The lowest BCUT2D eigenvalue weighted by molar-refractivity contribution is -0.123. The van der Waals surface area contributed by atoms with Crippen LogP contribution in [0.25, 0.3) is 0 Å². The molecule has 3 amide bonds. The molecule has 0 unspecified atom stereocenters. The molecule has 1 aromatic rings. The van der Waals surface area contributed by atoms with Gasteiger partial charge in [-0.15, -0.1) is 0 Å². The number of aryl methyl sites for hydroxylation is 1. The summed E-state index contributed by atoms with van der Waals surface area (Å²) >= 11 is 0. The van der Waals surface area contributed by atoms with Gasteiger partial charge < -0.3 is 24.8 Å². The molecule has 0 atom stereocenters. The van der Waals surface area contributed by atoms with E-state index in [4.69, 9.17) is 9.90 Å². The van der Waals surface area contributed by atoms with E-state index in [-0.39, 0.29) is 25.0 Å². The molecule has 0 bridgehead atoms. The second-order valence-corrected chi connectivity index (χ2v) is 4.79. The fourth-order valence-corrected chi connectivity index (χ4v) is 2.03. The lowest BCUT2D eigenvalue weighted by atomic mass is 10.4. The van der Waals surface area contributed by atoms with Gasteiger partial charge in [0.2, 0.25) is 5.91 Å². The number of hydrogen-bond donors (Lipinski definition) is 2. The SMILES string of the molecule is CN1CCN(CC(=O)NCCc2nccn2C)C1=O.O=CO. The lowest BCUT2D eigenvalue weighted by Crippen LogP contribution is -2.39. The van der Waals surface area contributed by atoms with Crippen molar-refractivity contribution in [2.75, 3.05) is 33.2 Å². The van der Waals surface area contributed by atoms with Crippen molar-refractivity contribution in [2.24, 2.45) is 7.05 Å². The van der Waals surface area contributed by atoms with E-state index in [0.717, 1.165) is 5.82 Å². The van der Waals surface area contributed by atoms with Crippen molar-refractivity contribution in [2.45, 2.75) is 6.42 Å². The maximum atomic E-state index is 11.7. The number of rotatable bonds is 5. The van der Waals surface area contributed by atoms with Gasteiger partial charge in [-0.25, -0.2) is 9.78 Å². The van der Waals surface area contributed by atoms with Crippen molar-refractivity contribution in [3.8, 4) is 0 Å². The third-order valence-electron chi connectivity index (χ3n) is 3.23. The quantitative estimate of drug-likeness (QED) is 0.689. The predicted octanol–water partition coefficient (Wildman–Crippen LogP) is -0.853. The van der Waals surface area contributed by atoms with E-state index in [1.165, 1.54) is 0 Å². The zero-order chi connectivity index (χ0) is 16.5. The first kappa shape index (κ1) is 17.5. The summed E-state index contributed by atoms with van der Waals surface area (Å²) in [6, 6.07) is -0.0840. The van der Waals surface area contributed by atoms with Gasteiger partial charge in [-0.1, -0.05) is 0 Å². The van der Waals surface area contributed by atoms with E-state index in [9.17, 15) is 9.59 Å². The number of nitrogens with zero attached hydrogens (tertiary/aromatic N) is 4. The number of carbonyl (C=O) groups excluding carboxylic acids is 2. The van der Waals surface area contributed by atoms with Crippen LogP contribution >= 0.6 is 0 Å². The van der Waals surface area contributed by atoms with Crippen LogP contribution < -0.4 is 5.32 Å². The zero-order valence-electron chi connectivity index (χ0n) is 12.7. The summed E-state index contributed by atoms with van der Waals surface area (Å²) in [6.45, 7) is 1.70. The molecule has 9 heteroatoms. The van der Waals surface area contributed by atoms with Gasteiger partial charge in [0, 0.05) is 52.5 Å². The molecule has 2 heterocycles. The second kappa shape index (κ2) is 8.65. The average molecular weight is 311 g/mol. The Morgan fingerprint density at radius 2 is 2.14 bits per heavy atom. The highest BCUT2D eigenvalue weighted by molar-refractivity contribution is 5.84. The number of hydrogen-bond acceptors (Lipinski definition) is 4. The van der Waals surface area contributed by atoms with Crippen molar-refractivity contribution in [3.63, 3.8) is 0 Å². The van der Waals surface area contributed by atoms with Crippen molar-refractivity contribution >= 4 is 18.4 Å². The van der Waals surface area contributed by atoms with Crippen LogP contribution in [0, 0.1) is 0 Å². The molecule has 0 aromatic carbocycles. The Labute approximate surface area is 128 Å². The van der Waals surface area contributed by atoms with Gasteiger partial charge in [0.1, 0.15) is 12.4 Å². The fraction of sp³-hybridized carbons (Fsp3) is 0.538. The first-order valence-electron chi connectivity index (χ1n) is 6.80. The second-order valence-electron chi connectivity index (χ2n) is 4.79. The molecule has 9 nitrogen and oxygen atoms in total. The van der Waals surface area contributed by atoms with Crippen LogP contribution in [0.2, 0.25) is 0 Å². The average Bonchev–Trinajstić information content (AvgIpc) is 3.01. The van der Waals surface area contributed by atoms with Crippen molar-refractivity contribution in [1.82, 2.24) is 24.7 Å². The Balaban J connectivity index is 0.000000745. The molecule has 1 saturated heterocycles. The van der Waals surface area contributed by atoms with E-state index in [2.05, 4.69) is 10.3 Å². The summed E-state index contributed by atoms with van der Waals surface area (Å²) in [5.41, 5.74) is 0. The van der Waals surface area contributed by atoms with Gasteiger partial charge in [0.05, 0.1) is 0 Å². The third kappa shape index (κ3) is 5.08. The van der Waals surface area contributed by atoms with Crippen LogP contribution in [-0.2, 0) is 23.1 Å². The molecule has 122 valence electrons. The van der Waals surface area contributed by atoms with Crippen LogP contribution in [0.15, 0.2) is 12.4 Å². The van der Waals surface area contributed by atoms with Crippen LogP contribution in [0.4, 0.5) is 4.79 Å². The first-order chi connectivity index (χ1) is 10.5. The molecule has 1 aliphatic heterocycles. The molecule has 2 rings (SSSR count). The molecule has 1 aromatic heterocycles. The molecule has 1 aliphatic rings. The highest BCUT2D eigenvalue weighted by Crippen LogP contribution is 2.04. The van der Waals surface area contributed by atoms with E-state index < -0.39 is 0 Å². The maximum absolute atomic E-state index is 11.7. The summed E-state index contributed by atoms with van der Waals surface area (Å²) < 4.78 is 1.92. The molecule has 0 saturated carbocycles. The van der Waals surface area contributed by atoms with Crippen LogP contribution in [0.3, 0.4) is 0 Å². The minimum absolute atomic E-state index is 0.0840. The summed E-state index contributed by atoms with van der Waals surface area (Å²) in [4.78, 5) is 39.0. The predicted molar refractivity (Wildman–Crippen MR) is 78.2 cm³/mol. The Morgan fingerprint density at radius 3 is 2.64 bits per heavy atom. The van der Waals surface area contributed by atoms with Gasteiger partial charge in [-0.2, -0.15) is 0 Å². The minimum atomic E-state index is -0.250. The molecule has 0 spiro atoms. The number of carboxylic acid groups (broad SMARTS) is 1. The molecule has 2 N–H and O–H groups in total. The minimum Gasteiger partial charge on any atom is -0.483 e. The monoisotopic (exact) mass is 311 g/mol. The van der Waals surface area contributed by atoms with Crippen molar-refractivity contribution in [3.05, 3.63) is 18.2 Å². The normalized spacial score (nSPS) is 13.6. The van der Waals surface area contributed by atoms with Crippen LogP contribution in [-0.4, -0.2) is 76.1 Å². The fourth-order valence-electron chi connectivity index (χ4n) is 2.03. The van der Waals surface area contributed by atoms with E-state index in [1.807, 2.05) is 17.8 Å². The van der Waals surface area contributed by atoms with Gasteiger partial charge in [-0.05, 0) is 0 Å². The summed E-state index contributed by atoms with van der Waals surface area (Å²) in [6.07, 6.45) is 4.29.